The highest BCUT2D eigenvalue weighted by atomic mass is 31.2. The Bertz CT molecular complexity index is 311. The van der Waals surface area contributed by atoms with Gasteiger partial charge in [0.05, 0.1) is 12.2 Å². The number of hydrogen-bond acceptors (Lipinski definition) is 4. The van der Waals surface area contributed by atoms with E-state index < -0.39 is 20.2 Å². The lowest BCUT2D eigenvalue weighted by Gasteiger charge is -2.30. The highest BCUT2D eigenvalue weighted by Gasteiger charge is 2.36. The number of phosphoric acid groups is 1. The average molecular weight is 312 g/mol. The van der Waals surface area contributed by atoms with Crippen molar-refractivity contribution in [1.29, 1.82) is 0 Å². The first-order chi connectivity index (χ1) is 9.50. The zero-order chi connectivity index (χ0) is 14.6. The summed E-state index contributed by atoms with van der Waals surface area (Å²) in [5.74, 6) is 0. The summed E-state index contributed by atoms with van der Waals surface area (Å²) in [6.45, 7) is 0. The lowest BCUT2D eigenvalue weighted by atomic mass is 9.96. The van der Waals surface area contributed by atoms with Crippen molar-refractivity contribution in [3.8, 4) is 0 Å². The molecule has 118 valence electrons. The van der Waals surface area contributed by atoms with E-state index in [0.29, 0.717) is 51.4 Å². The average Bonchev–Trinajstić information content (AvgIpc) is 2.44. The summed E-state index contributed by atoms with van der Waals surface area (Å²) in [6, 6.07) is 0. The van der Waals surface area contributed by atoms with Crippen LogP contribution in [0.5, 0.6) is 0 Å². The minimum absolute atomic E-state index is 0.287. The first kappa shape index (κ1) is 16.3. The molecule has 0 atom stereocenters. The van der Waals surface area contributed by atoms with Crippen molar-refractivity contribution in [2.24, 2.45) is 0 Å². The molecule has 4 nitrogen and oxygen atoms in total. The van der Waals surface area contributed by atoms with Crippen LogP contribution in [-0.4, -0.2) is 31.7 Å². The number of hydrogen-bond donors (Lipinski definition) is 0. The Kier molecular flexibility index (Phi) is 5.96. The molecule has 0 spiro atoms. The van der Waals surface area contributed by atoms with Crippen molar-refractivity contribution >= 4 is 7.82 Å². The molecule has 0 aromatic rings. The zero-order valence-electron chi connectivity index (χ0n) is 11.8. The second-order valence-corrected chi connectivity index (χ2v) is 7.27. The highest BCUT2D eigenvalue weighted by molar-refractivity contribution is 7.48. The third kappa shape index (κ3) is 4.76. The van der Waals surface area contributed by atoms with E-state index in [4.69, 9.17) is 13.6 Å². The molecular weight excluding hydrogens is 289 g/mol. The Balaban J connectivity index is 1.83. The van der Waals surface area contributed by atoms with Gasteiger partial charge in [-0.1, -0.05) is 0 Å². The topological polar surface area (TPSA) is 44.8 Å². The van der Waals surface area contributed by atoms with E-state index in [1.165, 1.54) is 7.11 Å². The van der Waals surface area contributed by atoms with Crippen LogP contribution in [0.1, 0.15) is 51.4 Å². The van der Waals surface area contributed by atoms with Gasteiger partial charge in [0.1, 0.15) is 12.3 Å². The van der Waals surface area contributed by atoms with Gasteiger partial charge < -0.3 is 0 Å². The van der Waals surface area contributed by atoms with Crippen LogP contribution >= 0.6 is 7.82 Å². The molecule has 0 saturated heterocycles. The van der Waals surface area contributed by atoms with Crippen molar-refractivity contribution in [2.45, 2.75) is 75.9 Å². The zero-order valence-corrected chi connectivity index (χ0v) is 12.7. The van der Waals surface area contributed by atoms with Crippen LogP contribution in [0.3, 0.4) is 0 Å². The van der Waals surface area contributed by atoms with Crippen LogP contribution in [0.4, 0.5) is 8.78 Å². The maximum atomic E-state index is 13.1. The summed E-state index contributed by atoms with van der Waals surface area (Å²) >= 11 is 0. The van der Waals surface area contributed by atoms with Crippen LogP contribution < -0.4 is 0 Å². The molecule has 0 N–H and O–H groups in total. The van der Waals surface area contributed by atoms with Crippen molar-refractivity contribution < 1.29 is 26.9 Å². The van der Waals surface area contributed by atoms with E-state index in [9.17, 15) is 13.3 Å². The summed E-state index contributed by atoms with van der Waals surface area (Å²) in [7, 11) is -2.34. The molecule has 0 amide bonds. The minimum Gasteiger partial charge on any atom is -0.290 e. The minimum atomic E-state index is -3.62. The lowest BCUT2D eigenvalue weighted by Crippen LogP contribution is -2.25. The first-order valence-electron chi connectivity index (χ1n) is 7.31. The van der Waals surface area contributed by atoms with E-state index in [2.05, 4.69) is 0 Å². The van der Waals surface area contributed by atoms with Gasteiger partial charge in [-0.2, -0.15) is 0 Å². The molecule has 2 saturated carbocycles. The molecule has 2 aliphatic rings. The lowest BCUT2D eigenvalue weighted by molar-refractivity contribution is 0.0230. The molecule has 0 heterocycles. The fourth-order valence-electron chi connectivity index (χ4n) is 2.73. The summed E-state index contributed by atoms with van der Waals surface area (Å²) in [4.78, 5) is 0. The second kappa shape index (κ2) is 7.30. The Morgan fingerprint density at radius 2 is 1.15 bits per heavy atom. The normalized spacial score (nSPS) is 38.4. The maximum Gasteiger partial charge on any atom is 0.475 e. The van der Waals surface area contributed by atoms with Crippen molar-refractivity contribution in [3.05, 3.63) is 0 Å². The first-order valence-corrected chi connectivity index (χ1v) is 8.77. The number of alkyl halides is 2. The third-order valence-corrected chi connectivity index (χ3v) is 5.55. The van der Waals surface area contributed by atoms with Crippen molar-refractivity contribution in [3.63, 3.8) is 0 Å². The Morgan fingerprint density at radius 3 is 1.45 bits per heavy atom. The van der Waals surface area contributed by atoms with Gasteiger partial charge in [-0.3, -0.25) is 13.6 Å². The smallest absolute Gasteiger partial charge is 0.290 e. The predicted molar refractivity (Wildman–Crippen MR) is 71.1 cm³/mol. The second-order valence-electron chi connectivity index (χ2n) is 5.59. The van der Waals surface area contributed by atoms with Gasteiger partial charge in [0.25, 0.3) is 0 Å². The summed E-state index contributed by atoms with van der Waals surface area (Å²) in [5.41, 5.74) is 0. The van der Waals surface area contributed by atoms with Crippen LogP contribution in [0, 0.1) is 0 Å². The van der Waals surface area contributed by atoms with Crippen LogP contribution in [0.15, 0.2) is 0 Å². The SMILES string of the molecule is COP(=O)(OC1CCC(F)CC1)OC1CCC(F)CC1. The molecule has 0 unspecified atom stereocenters. The molecule has 7 heteroatoms. The summed E-state index contributed by atoms with van der Waals surface area (Å²) < 4.78 is 54.4. The maximum absolute atomic E-state index is 13.1. The standard InChI is InChI=1S/C13H23F2O4P/c1-17-20(16,18-12-6-2-10(14)3-7-12)19-13-8-4-11(15)5-9-13/h10-13H,2-9H2,1H3. The van der Waals surface area contributed by atoms with Crippen molar-refractivity contribution in [1.82, 2.24) is 0 Å². The van der Waals surface area contributed by atoms with Crippen molar-refractivity contribution in [2.75, 3.05) is 7.11 Å². The fourth-order valence-corrected chi connectivity index (χ4v) is 4.10. The molecule has 20 heavy (non-hydrogen) atoms. The van der Waals surface area contributed by atoms with Gasteiger partial charge >= 0.3 is 7.82 Å². The molecule has 0 aliphatic heterocycles. The summed E-state index contributed by atoms with van der Waals surface area (Å²) in [6.07, 6.45) is 1.60. The van der Waals surface area contributed by atoms with Gasteiger partial charge in [-0.25, -0.2) is 13.3 Å². The van der Waals surface area contributed by atoms with Gasteiger partial charge in [0.15, 0.2) is 0 Å². The molecule has 2 fully saturated rings. The largest absolute Gasteiger partial charge is 0.475 e. The molecule has 0 aromatic carbocycles. The van der Waals surface area contributed by atoms with Gasteiger partial charge in [0.2, 0.25) is 0 Å². The predicted octanol–water partition coefficient (Wildman–Crippen LogP) is 4.34. The van der Waals surface area contributed by atoms with E-state index >= 15 is 0 Å². The number of halogens is 2. The molecule has 2 rings (SSSR count). The molecule has 0 aromatic heterocycles. The van der Waals surface area contributed by atoms with E-state index in [-0.39, 0.29) is 12.2 Å². The number of rotatable bonds is 5. The number of phosphoric ester groups is 1. The quantitative estimate of drug-likeness (QED) is 0.709. The molecular formula is C13H23F2O4P. The van der Waals surface area contributed by atoms with Crippen LogP contribution in [0.2, 0.25) is 0 Å². The molecule has 0 bridgehead atoms. The molecule has 0 radical (unpaired) electrons. The van der Waals surface area contributed by atoms with E-state index in [0.717, 1.165) is 0 Å². The van der Waals surface area contributed by atoms with Crippen LogP contribution in [-0.2, 0) is 18.1 Å². The van der Waals surface area contributed by atoms with Gasteiger partial charge in [-0.15, -0.1) is 0 Å². The monoisotopic (exact) mass is 312 g/mol. The Hall–Kier alpha value is -0.0300. The molecule has 2 aliphatic carbocycles. The Morgan fingerprint density at radius 1 is 0.800 bits per heavy atom. The van der Waals surface area contributed by atoms with Crippen LogP contribution in [0.25, 0.3) is 0 Å². The summed E-state index contributed by atoms with van der Waals surface area (Å²) in [5, 5.41) is 0. The third-order valence-electron chi connectivity index (χ3n) is 3.99. The van der Waals surface area contributed by atoms with E-state index in [1.807, 2.05) is 0 Å². The van der Waals surface area contributed by atoms with Gasteiger partial charge in [0, 0.05) is 7.11 Å². The fraction of sp³-hybridized carbons (Fsp3) is 1.00. The van der Waals surface area contributed by atoms with E-state index in [1.54, 1.807) is 0 Å². The highest BCUT2D eigenvalue weighted by Crippen LogP contribution is 2.53. The van der Waals surface area contributed by atoms with Gasteiger partial charge in [-0.05, 0) is 51.4 Å². The Labute approximate surface area is 118 Å².